The third kappa shape index (κ3) is 3.36. The highest BCUT2D eigenvalue weighted by Gasteiger charge is 2.17. The van der Waals surface area contributed by atoms with Crippen molar-refractivity contribution < 1.29 is 14.8 Å². The lowest BCUT2D eigenvalue weighted by Crippen LogP contribution is -2.02. The highest BCUT2D eigenvalue weighted by atomic mass is 79.9. The van der Waals surface area contributed by atoms with E-state index < -0.39 is 10.9 Å². The molecular weight excluding hydrogens is 440 g/mol. The number of aromatic nitrogens is 3. The Morgan fingerprint density at radius 1 is 1.17 bits per heavy atom. The van der Waals surface area contributed by atoms with Gasteiger partial charge in [-0.1, -0.05) is 15.9 Å². The van der Waals surface area contributed by atoms with Gasteiger partial charge in [0.2, 0.25) is 0 Å². The molecule has 0 amide bonds. The van der Waals surface area contributed by atoms with Gasteiger partial charge in [-0.15, -0.1) is 0 Å². The molecule has 0 aliphatic carbocycles. The minimum Gasteiger partial charge on any atom is -0.478 e. The van der Waals surface area contributed by atoms with Crippen LogP contribution < -0.4 is 0 Å². The van der Waals surface area contributed by atoms with Gasteiger partial charge in [0, 0.05) is 27.6 Å². The number of halogens is 1. The first kappa shape index (κ1) is 18.8. The summed E-state index contributed by atoms with van der Waals surface area (Å²) in [6, 6.07) is 12.8. The van der Waals surface area contributed by atoms with E-state index in [1.807, 2.05) is 6.92 Å². The Bertz CT molecular complexity index is 1280. The Labute approximate surface area is 172 Å². The normalized spacial score (nSPS) is 11.0. The third-order valence-electron chi connectivity index (χ3n) is 4.59. The molecule has 0 atom stereocenters. The van der Waals surface area contributed by atoms with E-state index in [2.05, 4.69) is 26.0 Å². The van der Waals surface area contributed by atoms with Gasteiger partial charge in [0.15, 0.2) is 0 Å². The van der Waals surface area contributed by atoms with Crippen LogP contribution in [0.5, 0.6) is 0 Å². The quantitative estimate of drug-likeness (QED) is 0.352. The second-order valence-electron chi connectivity index (χ2n) is 6.35. The number of benzene rings is 2. The molecule has 0 aliphatic heterocycles. The zero-order valence-electron chi connectivity index (χ0n) is 15.0. The van der Waals surface area contributed by atoms with Crippen LogP contribution >= 0.6 is 15.9 Å². The molecule has 2 aromatic carbocycles. The predicted octanol–water partition coefficient (Wildman–Crippen LogP) is 4.76. The minimum absolute atomic E-state index is 0.00719. The number of pyridine rings is 1. The molecule has 0 fully saturated rings. The molecule has 0 unspecified atom stereocenters. The van der Waals surface area contributed by atoms with Crippen LogP contribution in [-0.4, -0.2) is 30.8 Å². The number of hydrogen-bond donors (Lipinski definition) is 1. The molecule has 9 heteroatoms. The van der Waals surface area contributed by atoms with Crippen molar-refractivity contribution >= 4 is 38.5 Å². The molecule has 144 valence electrons. The van der Waals surface area contributed by atoms with Crippen molar-refractivity contribution in [3.8, 4) is 16.9 Å². The number of rotatable bonds is 4. The fraction of sp³-hybridized carbons (Fsp3) is 0.0500. The summed E-state index contributed by atoms with van der Waals surface area (Å²) in [5.41, 5.74) is 3.26. The number of nitro benzene ring substituents is 1. The van der Waals surface area contributed by atoms with E-state index >= 15 is 0 Å². The van der Waals surface area contributed by atoms with Gasteiger partial charge in [-0.05, 0) is 43.3 Å². The number of hydrogen-bond acceptors (Lipinski definition) is 5. The van der Waals surface area contributed by atoms with Crippen LogP contribution in [0.25, 0.3) is 27.8 Å². The Balaban J connectivity index is 1.84. The fourth-order valence-electron chi connectivity index (χ4n) is 3.15. The van der Waals surface area contributed by atoms with Crippen molar-refractivity contribution in [1.29, 1.82) is 0 Å². The van der Waals surface area contributed by atoms with Gasteiger partial charge >= 0.3 is 5.97 Å². The van der Waals surface area contributed by atoms with Gasteiger partial charge in [0.25, 0.3) is 5.69 Å². The summed E-state index contributed by atoms with van der Waals surface area (Å²) in [5.74, 6) is -1.04. The smallest absolute Gasteiger partial charge is 0.336 e. The monoisotopic (exact) mass is 452 g/mol. The Morgan fingerprint density at radius 2 is 1.90 bits per heavy atom. The van der Waals surface area contributed by atoms with Crippen molar-refractivity contribution in [2.45, 2.75) is 6.92 Å². The summed E-state index contributed by atoms with van der Waals surface area (Å²) in [7, 11) is 0. The SMILES string of the molecule is Cc1c(-c2cc(C(=O)O)c3cc(Br)ccc3n2)cnn1-c1ccc([N+](=O)[O-])cc1. The van der Waals surface area contributed by atoms with Crippen LogP contribution in [0.2, 0.25) is 0 Å². The molecule has 4 aromatic rings. The highest BCUT2D eigenvalue weighted by Crippen LogP contribution is 2.30. The summed E-state index contributed by atoms with van der Waals surface area (Å²) >= 11 is 3.36. The van der Waals surface area contributed by atoms with Crippen LogP contribution in [0.4, 0.5) is 5.69 Å². The topological polar surface area (TPSA) is 111 Å². The van der Waals surface area contributed by atoms with Crippen molar-refractivity contribution in [1.82, 2.24) is 14.8 Å². The van der Waals surface area contributed by atoms with Gasteiger partial charge in [0.05, 0.1) is 39.3 Å². The zero-order valence-corrected chi connectivity index (χ0v) is 16.6. The third-order valence-corrected chi connectivity index (χ3v) is 5.09. The number of carboxylic acids is 1. The van der Waals surface area contributed by atoms with Crippen molar-refractivity contribution in [2.24, 2.45) is 0 Å². The summed E-state index contributed by atoms with van der Waals surface area (Å²) in [5, 5.41) is 25.4. The zero-order chi connectivity index (χ0) is 20.7. The van der Waals surface area contributed by atoms with Gasteiger partial charge in [-0.2, -0.15) is 5.10 Å². The summed E-state index contributed by atoms with van der Waals surface area (Å²) < 4.78 is 2.40. The van der Waals surface area contributed by atoms with E-state index in [1.165, 1.54) is 18.2 Å². The van der Waals surface area contributed by atoms with Crippen LogP contribution in [0.3, 0.4) is 0 Å². The molecule has 29 heavy (non-hydrogen) atoms. The maximum Gasteiger partial charge on any atom is 0.336 e. The van der Waals surface area contributed by atoms with E-state index in [0.29, 0.717) is 27.8 Å². The van der Waals surface area contributed by atoms with E-state index in [0.717, 1.165) is 10.2 Å². The molecule has 0 aliphatic rings. The molecule has 2 aromatic heterocycles. The number of aromatic carboxylic acids is 1. The van der Waals surface area contributed by atoms with Gasteiger partial charge in [-0.25, -0.2) is 14.5 Å². The van der Waals surface area contributed by atoms with Crippen molar-refractivity contribution in [3.05, 3.63) is 80.6 Å². The molecule has 0 spiro atoms. The molecule has 0 radical (unpaired) electrons. The molecule has 0 saturated heterocycles. The second kappa shape index (κ2) is 7.10. The van der Waals surface area contributed by atoms with Crippen LogP contribution in [0.15, 0.2) is 59.2 Å². The average molecular weight is 453 g/mol. The molecule has 8 nitrogen and oxygen atoms in total. The number of fused-ring (bicyclic) bond motifs is 1. The molecular formula is C20H13BrN4O4. The fourth-order valence-corrected chi connectivity index (χ4v) is 3.51. The first-order chi connectivity index (χ1) is 13.8. The van der Waals surface area contributed by atoms with E-state index in [4.69, 9.17) is 0 Å². The first-order valence-electron chi connectivity index (χ1n) is 8.48. The van der Waals surface area contributed by atoms with Crippen molar-refractivity contribution in [3.63, 3.8) is 0 Å². The summed E-state index contributed by atoms with van der Waals surface area (Å²) in [6.07, 6.45) is 1.61. The molecule has 4 rings (SSSR count). The first-order valence-corrected chi connectivity index (χ1v) is 9.28. The van der Waals surface area contributed by atoms with Crippen LogP contribution in [0, 0.1) is 17.0 Å². The van der Waals surface area contributed by atoms with Gasteiger partial charge in [-0.3, -0.25) is 10.1 Å². The predicted molar refractivity (Wildman–Crippen MR) is 110 cm³/mol. The van der Waals surface area contributed by atoms with E-state index in [9.17, 15) is 20.0 Å². The summed E-state index contributed by atoms with van der Waals surface area (Å²) in [4.78, 5) is 26.8. The van der Waals surface area contributed by atoms with Gasteiger partial charge in [0.1, 0.15) is 0 Å². The molecule has 0 bridgehead atoms. The number of non-ortho nitro benzene ring substituents is 1. The highest BCUT2D eigenvalue weighted by molar-refractivity contribution is 9.10. The molecule has 1 N–H and O–H groups in total. The Morgan fingerprint density at radius 3 is 2.55 bits per heavy atom. The summed E-state index contributed by atoms with van der Waals surface area (Å²) in [6.45, 7) is 1.83. The van der Waals surface area contributed by atoms with Gasteiger partial charge < -0.3 is 5.11 Å². The largest absolute Gasteiger partial charge is 0.478 e. The van der Waals surface area contributed by atoms with Crippen molar-refractivity contribution in [2.75, 3.05) is 0 Å². The number of nitrogens with zero attached hydrogens (tertiary/aromatic N) is 4. The maximum atomic E-state index is 11.8. The Hall–Kier alpha value is -3.59. The lowest BCUT2D eigenvalue weighted by atomic mass is 10.0. The van der Waals surface area contributed by atoms with E-state index in [-0.39, 0.29) is 11.3 Å². The lowest BCUT2D eigenvalue weighted by Gasteiger charge is -2.08. The standard InChI is InChI=1S/C20H13BrN4O4/c1-11-17(10-22-24(11)13-3-5-14(6-4-13)25(28)29)19-9-16(20(26)27)15-8-12(21)2-7-18(15)23-19/h2-10H,1H3,(H,26,27). The van der Waals surface area contributed by atoms with Crippen LogP contribution in [0.1, 0.15) is 16.1 Å². The number of carbonyl (C=O) groups is 1. The number of nitro groups is 1. The average Bonchev–Trinajstić information content (AvgIpc) is 3.08. The number of carboxylic acid groups (broad SMARTS) is 1. The van der Waals surface area contributed by atoms with E-state index in [1.54, 1.807) is 41.2 Å². The maximum absolute atomic E-state index is 11.8. The molecule has 0 saturated carbocycles. The minimum atomic E-state index is -1.04. The Kier molecular flexibility index (Phi) is 4.59. The second-order valence-corrected chi connectivity index (χ2v) is 7.27. The van der Waals surface area contributed by atoms with Crippen LogP contribution in [-0.2, 0) is 0 Å². The molecule has 2 heterocycles. The lowest BCUT2D eigenvalue weighted by molar-refractivity contribution is -0.384.